The summed E-state index contributed by atoms with van der Waals surface area (Å²) >= 11 is 3.15. The zero-order chi connectivity index (χ0) is 20.0. The number of nitrogens with zero attached hydrogens (tertiary/aromatic N) is 1. The molecule has 0 spiro atoms. The monoisotopic (exact) mass is 427 g/mol. The topological polar surface area (TPSA) is 46.5 Å². The van der Waals surface area contributed by atoms with Crippen molar-refractivity contribution >= 4 is 39.3 Å². The minimum Gasteiger partial charge on any atom is -0.199 e. The first kappa shape index (κ1) is 20.6. The van der Waals surface area contributed by atoms with Gasteiger partial charge in [-0.2, -0.15) is 24.2 Å². The Labute approximate surface area is 174 Å². The van der Waals surface area contributed by atoms with Crippen molar-refractivity contribution < 1.29 is 8.42 Å². The van der Waals surface area contributed by atoms with E-state index < -0.39 is 14.8 Å². The third-order valence-electron chi connectivity index (χ3n) is 4.22. The van der Waals surface area contributed by atoms with Gasteiger partial charge in [0.05, 0.1) is 9.64 Å². The summed E-state index contributed by atoms with van der Waals surface area (Å²) in [5, 5.41) is 4.02. The van der Waals surface area contributed by atoms with Crippen molar-refractivity contribution in [2.75, 3.05) is 0 Å². The molecule has 1 heterocycles. The van der Waals surface area contributed by atoms with Crippen molar-refractivity contribution in [1.82, 2.24) is 0 Å². The van der Waals surface area contributed by atoms with Crippen LogP contribution in [0.5, 0.6) is 0 Å². The lowest BCUT2D eigenvalue weighted by atomic mass is 9.99. The van der Waals surface area contributed by atoms with Gasteiger partial charge in [-0.05, 0) is 60.0 Å². The number of thiophene rings is 1. The predicted octanol–water partition coefficient (Wildman–Crippen LogP) is 6.08. The quantitative estimate of drug-likeness (QED) is 0.249. The molecule has 0 amide bonds. The van der Waals surface area contributed by atoms with Crippen LogP contribution in [0.25, 0.3) is 0 Å². The molecule has 1 atom stereocenters. The van der Waals surface area contributed by atoms with Gasteiger partial charge in [0.1, 0.15) is 0 Å². The van der Waals surface area contributed by atoms with Crippen LogP contribution >= 0.6 is 23.1 Å². The Morgan fingerprint density at radius 2 is 1.82 bits per heavy atom. The van der Waals surface area contributed by atoms with Gasteiger partial charge in [0.15, 0.2) is 0 Å². The van der Waals surface area contributed by atoms with Gasteiger partial charge >= 0.3 is 0 Å². The molecule has 0 saturated carbocycles. The number of rotatable bonds is 8. The van der Waals surface area contributed by atoms with Gasteiger partial charge in [0.2, 0.25) is 0 Å². The summed E-state index contributed by atoms with van der Waals surface area (Å²) in [6.07, 6.45) is 3.91. The Morgan fingerprint density at radius 3 is 2.43 bits per heavy atom. The predicted molar refractivity (Wildman–Crippen MR) is 120 cm³/mol. The normalized spacial score (nSPS) is 14.0. The van der Waals surface area contributed by atoms with Gasteiger partial charge in [0.25, 0.3) is 10.0 Å². The molecule has 28 heavy (non-hydrogen) atoms. The second-order valence-corrected chi connectivity index (χ2v) is 10.1. The van der Waals surface area contributed by atoms with Crippen molar-refractivity contribution in [2.24, 2.45) is 4.40 Å². The Hall–Kier alpha value is -2.15. The van der Waals surface area contributed by atoms with Crippen LogP contribution in [0.4, 0.5) is 0 Å². The van der Waals surface area contributed by atoms with E-state index in [1.54, 1.807) is 59.7 Å². The summed E-state index contributed by atoms with van der Waals surface area (Å²) in [5.74, 6) is 0. The molecule has 0 fully saturated rings. The fraction of sp³-hybridized carbons (Fsp3) is 0.136. The van der Waals surface area contributed by atoms with Crippen molar-refractivity contribution in [3.63, 3.8) is 0 Å². The van der Waals surface area contributed by atoms with Crippen LogP contribution in [0.1, 0.15) is 17.5 Å². The zero-order valence-corrected chi connectivity index (χ0v) is 17.9. The average Bonchev–Trinajstić information content (AvgIpc) is 3.23. The lowest BCUT2D eigenvalue weighted by Gasteiger charge is -2.27. The molecule has 2 aromatic carbocycles. The van der Waals surface area contributed by atoms with E-state index in [9.17, 15) is 8.42 Å². The van der Waals surface area contributed by atoms with Gasteiger partial charge in [-0.1, -0.05) is 42.0 Å². The smallest absolute Gasteiger partial charge is 0.199 e. The summed E-state index contributed by atoms with van der Waals surface area (Å²) < 4.78 is 29.0. The third-order valence-corrected chi connectivity index (χ3v) is 7.53. The Kier molecular flexibility index (Phi) is 6.54. The second kappa shape index (κ2) is 8.90. The molecule has 3 nitrogen and oxygen atoms in total. The molecule has 0 N–H and O–H groups in total. The van der Waals surface area contributed by atoms with Crippen LogP contribution in [0.3, 0.4) is 0 Å². The Morgan fingerprint density at radius 1 is 1.11 bits per heavy atom. The third kappa shape index (κ3) is 4.82. The molecular weight excluding hydrogens is 406 g/mol. The maximum Gasteiger partial charge on any atom is 0.282 e. The fourth-order valence-electron chi connectivity index (χ4n) is 2.72. The summed E-state index contributed by atoms with van der Waals surface area (Å²) in [6.45, 7) is 5.81. The Bertz CT molecular complexity index is 1040. The SMILES string of the molecule is C=CCC(/C=N/S(=O)(=O)c1ccc(C)cc1)(Sc1ccccc1)c1ccsc1. The van der Waals surface area contributed by atoms with Gasteiger partial charge in [-0.15, -0.1) is 18.3 Å². The highest BCUT2D eigenvalue weighted by Gasteiger charge is 2.32. The van der Waals surface area contributed by atoms with Gasteiger partial charge in [0, 0.05) is 11.1 Å². The first-order valence-corrected chi connectivity index (χ1v) is 11.9. The lowest BCUT2D eigenvalue weighted by molar-refractivity contribution is 0.598. The summed E-state index contributed by atoms with van der Waals surface area (Å²) in [4.78, 5) is 1.23. The van der Waals surface area contributed by atoms with Crippen molar-refractivity contribution in [3.05, 3.63) is 95.2 Å². The molecule has 6 heteroatoms. The average molecular weight is 428 g/mol. The molecule has 3 rings (SSSR count). The van der Waals surface area contributed by atoms with Crippen LogP contribution in [0.2, 0.25) is 0 Å². The number of hydrogen-bond donors (Lipinski definition) is 0. The highest BCUT2D eigenvalue weighted by molar-refractivity contribution is 8.01. The molecule has 0 saturated heterocycles. The second-order valence-electron chi connectivity index (χ2n) is 6.33. The summed E-state index contributed by atoms with van der Waals surface area (Å²) in [6, 6.07) is 18.7. The van der Waals surface area contributed by atoms with E-state index in [0.717, 1.165) is 16.0 Å². The van der Waals surface area contributed by atoms with Crippen LogP contribution < -0.4 is 0 Å². The van der Waals surface area contributed by atoms with E-state index in [-0.39, 0.29) is 4.90 Å². The maximum absolute atomic E-state index is 12.8. The van der Waals surface area contributed by atoms with Gasteiger partial charge in [-0.3, -0.25) is 0 Å². The van der Waals surface area contributed by atoms with Gasteiger partial charge in [-0.25, -0.2) is 0 Å². The minimum absolute atomic E-state index is 0.192. The molecule has 0 aliphatic carbocycles. The number of thioether (sulfide) groups is 1. The first-order valence-electron chi connectivity index (χ1n) is 8.71. The standard InChI is InChI=1S/C22H21NO2S3/c1-3-14-22(19-13-15-26-16-19,27-20-7-5-4-6-8-20)17-23-28(24,25)21-11-9-18(2)10-12-21/h3-13,15-17H,1,14H2,2H3/b23-17+. The van der Waals surface area contributed by atoms with E-state index in [4.69, 9.17) is 0 Å². The van der Waals surface area contributed by atoms with Gasteiger partial charge < -0.3 is 0 Å². The highest BCUT2D eigenvalue weighted by atomic mass is 32.2. The molecule has 3 aromatic rings. The van der Waals surface area contributed by atoms with Crippen LogP contribution in [-0.4, -0.2) is 14.6 Å². The zero-order valence-electron chi connectivity index (χ0n) is 15.5. The minimum atomic E-state index is -3.79. The highest BCUT2D eigenvalue weighted by Crippen LogP contribution is 2.44. The number of sulfonamides is 1. The first-order chi connectivity index (χ1) is 13.5. The van der Waals surface area contributed by atoms with Crippen LogP contribution in [0.15, 0.2) is 98.3 Å². The van der Waals surface area contributed by atoms with Crippen molar-refractivity contribution in [2.45, 2.75) is 27.9 Å². The molecule has 0 radical (unpaired) electrons. The van der Waals surface area contributed by atoms with E-state index in [0.29, 0.717) is 6.42 Å². The molecule has 1 unspecified atom stereocenters. The maximum atomic E-state index is 12.8. The fourth-order valence-corrected chi connectivity index (χ4v) is 5.78. The van der Waals surface area contributed by atoms with Crippen molar-refractivity contribution in [3.8, 4) is 0 Å². The lowest BCUT2D eigenvalue weighted by Crippen LogP contribution is -2.23. The number of allylic oxidation sites excluding steroid dienone is 1. The molecule has 0 aliphatic rings. The molecule has 0 bridgehead atoms. The molecule has 1 aromatic heterocycles. The largest absolute Gasteiger partial charge is 0.282 e. The van der Waals surface area contributed by atoms with Crippen molar-refractivity contribution in [1.29, 1.82) is 0 Å². The number of benzene rings is 2. The number of aryl methyl sites for hydroxylation is 1. The molecule has 144 valence electrons. The van der Waals surface area contributed by atoms with E-state index in [1.807, 2.05) is 54.1 Å². The van der Waals surface area contributed by atoms with Crippen LogP contribution in [-0.2, 0) is 14.8 Å². The van der Waals surface area contributed by atoms with E-state index in [2.05, 4.69) is 11.0 Å². The summed E-state index contributed by atoms with van der Waals surface area (Å²) in [7, 11) is -3.79. The summed E-state index contributed by atoms with van der Waals surface area (Å²) in [5.41, 5.74) is 2.01. The molecular formula is C22H21NO2S3. The molecule has 0 aliphatic heterocycles. The van der Waals surface area contributed by atoms with E-state index >= 15 is 0 Å². The van der Waals surface area contributed by atoms with Crippen LogP contribution in [0, 0.1) is 6.92 Å². The Balaban J connectivity index is 2.04. The number of hydrogen-bond acceptors (Lipinski definition) is 4. The van der Waals surface area contributed by atoms with E-state index in [1.165, 1.54) is 0 Å².